The minimum Gasteiger partial charge on any atom is -0.389 e. The second-order valence-electron chi connectivity index (χ2n) is 13.2. The summed E-state index contributed by atoms with van der Waals surface area (Å²) < 4.78 is 124. The number of halogens is 9. The highest BCUT2D eigenvalue weighted by molar-refractivity contribution is 5.80. The largest absolute Gasteiger partial charge is 0.416 e. The highest BCUT2D eigenvalue weighted by atomic mass is 19.4. The molecule has 0 amide bonds. The molecule has 1 fully saturated rings. The Morgan fingerprint density at radius 1 is 0.922 bits per heavy atom. The number of guanidine groups is 1. The third-order valence-corrected chi connectivity index (χ3v) is 8.97. The molecule has 0 radical (unpaired) electrons. The van der Waals surface area contributed by atoms with Gasteiger partial charge in [0.25, 0.3) is 0 Å². The van der Waals surface area contributed by atoms with E-state index < -0.39 is 59.8 Å². The van der Waals surface area contributed by atoms with Crippen LogP contribution in [-0.4, -0.2) is 65.2 Å². The summed E-state index contributed by atoms with van der Waals surface area (Å²) in [7, 11) is 3.09. The van der Waals surface area contributed by atoms with E-state index in [4.69, 9.17) is 21.4 Å². The molecular weight excluding hydrogens is 695 g/mol. The van der Waals surface area contributed by atoms with Crippen LogP contribution in [0, 0.1) is 11.8 Å². The molecule has 4 N–H and O–H groups in total. The fraction of sp³-hybridized carbons (Fsp3) is 0.576. The summed E-state index contributed by atoms with van der Waals surface area (Å²) in [5.41, 5.74) is 2.24. The van der Waals surface area contributed by atoms with Crippen LogP contribution in [0.4, 0.5) is 39.5 Å². The number of rotatable bonds is 10. The standard InChI is InChI=1S/C33H43F9N8O/c1-6-27(49-11-9-21(10-12-49)29-45-28(19(2)3)47(4)51-29)26-8-7-23(31(34,35)36)15-22(26)18-50(30(43)46-48(5)44)17-20-13-24(32(37,38)39)16-25(14-20)33(40,41)42/h7-8,13-16,19,21,27-28H,6,9-12,17-18,44H2,1-5H3,(H2,43,46). The first kappa shape index (κ1) is 40.0. The Balaban J connectivity index is 1.70. The number of nitrogens with two attached hydrogens (primary N) is 2. The van der Waals surface area contributed by atoms with Crippen LogP contribution in [0.15, 0.2) is 46.5 Å². The molecule has 51 heavy (non-hydrogen) atoms. The molecule has 18 heteroatoms. The number of hydroxylamine groups is 2. The molecule has 1 saturated heterocycles. The number of likely N-dealkylation sites (tertiary alicyclic amines) is 1. The van der Waals surface area contributed by atoms with Crippen molar-refractivity contribution in [1.29, 1.82) is 0 Å². The number of nitrogens with zero attached hydrogens (tertiary/aromatic N) is 6. The van der Waals surface area contributed by atoms with Crippen molar-refractivity contribution in [2.75, 3.05) is 27.2 Å². The molecule has 0 bridgehead atoms. The van der Waals surface area contributed by atoms with Crippen molar-refractivity contribution >= 4 is 11.9 Å². The van der Waals surface area contributed by atoms with E-state index in [1.54, 1.807) is 5.06 Å². The molecule has 2 unspecified atom stereocenters. The van der Waals surface area contributed by atoms with Gasteiger partial charge in [-0.3, -0.25) is 4.90 Å². The average Bonchev–Trinajstić information content (AvgIpc) is 3.42. The molecule has 0 aliphatic carbocycles. The Kier molecular flexibility index (Phi) is 12.1. The highest BCUT2D eigenvalue weighted by Gasteiger charge is 2.39. The molecule has 4 rings (SSSR count). The molecule has 9 nitrogen and oxygen atoms in total. The molecule has 2 aromatic rings. The molecule has 284 valence electrons. The summed E-state index contributed by atoms with van der Waals surface area (Å²) in [5.74, 6) is 6.10. The van der Waals surface area contributed by atoms with E-state index in [0.717, 1.165) is 22.2 Å². The second kappa shape index (κ2) is 15.5. The van der Waals surface area contributed by atoms with Gasteiger partial charge in [-0.1, -0.05) is 26.8 Å². The van der Waals surface area contributed by atoms with Crippen LogP contribution in [0.2, 0.25) is 0 Å². The van der Waals surface area contributed by atoms with E-state index >= 15 is 0 Å². The van der Waals surface area contributed by atoms with E-state index in [2.05, 4.69) is 10.0 Å². The maximum atomic E-state index is 14.0. The van der Waals surface area contributed by atoms with Crippen molar-refractivity contribution in [3.63, 3.8) is 0 Å². The Morgan fingerprint density at radius 3 is 1.96 bits per heavy atom. The number of hydrogen-bond donors (Lipinski definition) is 2. The van der Waals surface area contributed by atoms with E-state index in [1.165, 1.54) is 13.1 Å². The predicted octanol–water partition coefficient (Wildman–Crippen LogP) is 7.20. The fourth-order valence-electron chi connectivity index (χ4n) is 6.54. The van der Waals surface area contributed by atoms with Gasteiger partial charge >= 0.3 is 18.5 Å². The number of piperidine rings is 1. The predicted molar refractivity (Wildman–Crippen MR) is 173 cm³/mol. The second-order valence-corrected chi connectivity index (χ2v) is 13.2. The fourth-order valence-corrected chi connectivity index (χ4v) is 6.54. The molecular formula is C33H43F9N8O. The monoisotopic (exact) mass is 738 g/mol. The zero-order chi connectivity index (χ0) is 38.1. The molecule has 2 aromatic carbocycles. The van der Waals surface area contributed by atoms with Crippen LogP contribution in [0.3, 0.4) is 0 Å². The number of hydrogen-bond acceptors (Lipinski definition) is 7. The zero-order valence-electron chi connectivity index (χ0n) is 28.9. The number of benzene rings is 2. The lowest BCUT2D eigenvalue weighted by molar-refractivity contribution is -0.143. The van der Waals surface area contributed by atoms with Crippen LogP contribution in [0.1, 0.15) is 79.5 Å². The van der Waals surface area contributed by atoms with Gasteiger partial charge in [0.15, 0.2) is 0 Å². The van der Waals surface area contributed by atoms with Crippen molar-refractivity contribution < 1.29 is 44.4 Å². The van der Waals surface area contributed by atoms with Crippen molar-refractivity contribution in [1.82, 2.24) is 20.0 Å². The molecule has 2 aliphatic rings. The van der Waals surface area contributed by atoms with Gasteiger partial charge in [-0.25, -0.2) is 16.0 Å². The minimum atomic E-state index is -5.11. The van der Waals surface area contributed by atoms with Gasteiger partial charge in [-0.15, -0.1) is 10.2 Å². The van der Waals surface area contributed by atoms with Gasteiger partial charge < -0.3 is 15.5 Å². The molecule has 0 spiro atoms. The van der Waals surface area contributed by atoms with Crippen molar-refractivity contribution in [2.24, 2.45) is 33.5 Å². The number of hydrazine groups is 1. The highest BCUT2D eigenvalue weighted by Crippen LogP contribution is 2.39. The van der Waals surface area contributed by atoms with Gasteiger partial charge in [-0.2, -0.15) is 39.5 Å². The van der Waals surface area contributed by atoms with E-state index in [9.17, 15) is 39.5 Å². The maximum Gasteiger partial charge on any atom is 0.416 e. The van der Waals surface area contributed by atoms with Gasteiger partial charge in [0, 0.05) is 39.1 Å². The van der Waals surface area contributed by atoms with Crippen LogP contribution in [0.5, 0.6) is 0 Å². The lowest BCUT2D eigenvalue weighted by atomic mass is 9.90. The summed E-state index contributed by atoms with van der Waals surface area (Å²) in [5, 5.41) is 6.35. The summed E-state index contributed by atoms with van der Waals surface area (Å²) in [6.07, 6.45) is -13.2. The first-order chi connectivity index (χ1) is 23.6. The summed E-state index contributed by atoms with van der Waals surface area (Å²) in [6.45, 7) is 5.99. The van der Waals surface area contributed by atoms with E-state index in [1.807, 2.05) is 27.8 Å². The SMILES string of the molecule is CCC(c1ccc(C(F)(F)F)cc1CN(Cc1cc(C(F)(F)F)cc(C(F)(F)F)c1)/C(N)=N/N(C)N)N1CCC(C2=NC(C(C)C)N(C)O2)CC1. The van der Waals surface area contributed by atoms with Gasteiger partial charge in [0.1, 0.15) is 6.17 Å². The van der Waals surface area contributed by atoms with Crippen LogP contribution >= 0.6 is 0 Å². The number of aliphatic imine (C=N–C) groups is 1. The van der Waals surface area contributed by atoms with Crippen LogP contribution in [-0.2, 0) is 36.5 Å². The third kappa shape index (κ3) is 9.97. The lowest BCUT2D eigenvalue weighted by Gasteiger charge is -2.38. The third-order valence-electron chi connectivity index (χ3n) is 8.97. The summed E-state index contributed by atoms with van der Waals surface area (Å²) >= 11 is 0. The maximum absolute atomic E-state index is 14.0. The smallest absolute Gasteiger partial charge is 0.389 e. The van der Waals surface area contributed by atoms with Gasteiger partial charge in [0.2, 0.25) is 11.9 Å². The Bertz CT molecular complexity index is 1530. The van der Waals surface area contributed by atoms with Crippen molar-refractivity contribution in [3.05, 3.63) is 69.8 Å². The first-order valence-electron chi connectivity index (χ1n) is 16.4. The van der Waals surface area contributed by atoms with Crippen LogP contribution < -0.4 is 11.6 Å². The summed E-state index contributed by atoms with van der Waals surface area (Å²) in [6, 6.07) is 3.91. The molecule has 0 aromatic heterocycles. The molecule has 2 heterocycles. The van der Waals surface area contributed by atoms with Gasteiger partial charge in [-0.05, 0) is 85.3 Å². The zero-order valence-corrected chi connectivity index (χ0v) is 28.9. The number of hydrazone groups is 1. The lowest BCUT2D eigenvalue weighted by Crippen LogP contribution is -2.41. The van der Waals surface area contributed by atoms with Crippen LogP contribution in [0.25, 0.3) is 0 Å². The Morgan fingerprint density at radius 2 is 1.49 bits per heavy atom. The molecule has 0 saturated carbocycles. The number of alkyl halides is 9. The normalized spacial score (nSPS) is 19.3. The summed E-state index contributed by atoms with van der Waals surface area (Å²) in [4.78, 5) is 13.9. The minimum absolute atomic E-state index is 0.00870. The topological polar surface area (TPSA) is 98.9 Å². The van der Waals surface area contributed by atoms with E-state index in [-0.39, 0.29) is 35.7 Å². The van der Waals surface area contributed by atoms with Gasteiger partial charge in [0.05, 0.1) is 16.7 Å². The Labute approximate surface area is 290 Å². The Hall–Kier alpha value is -3.77. The first-order valence-corrected chi connectivity index (χ1v) is 16.4. The van der Waals surface area contributed by atoms with E-state index in [0.29, 0.717) is 55.9 Å². The van der Waals surface area contributed by atoms with Crippen molar-refractivity contribution in [3.8, 4) is 0 Å². The van der Waals surface area contributed by atoms with Crippen molar-refractivity contribution in [2.45, 2.75) is 83.9 Å². The molecule has 2 atom stereocenters. The average molecular weight is 739 g/mol. The quantitative estimate of drug-likeness (QED) is 0.0875. The molecule has 2 aliphatic heterocycles.